The summed E-state index contributed by atoms with van der Waals surface area (Å²) in [5.74, 6) is -3.05. The van der Waals surface area contributed by atoms with E-state index in [0.29, 0.717) is 11.1 Å². The molecule has 178 valence electrons. The molecular formula is C32H20O5. The predicted octanol–water partition coefficient (Wildman–Crippen LogP) is 5.43. The minimum atomic E-state index is -2.06. The Hall–Kier alpha value is -4.48. The number of carbonyl (C=O) groups excluding carboxylic acids is 4. The van der Waals surface area contributed by atoms with Gasteiger partial charge in [-0.2, -0.15) is 0 Å². The maximum atomic E-state index is 14.5. The van der Waals surface area contributed by atoms with E-state index in [1.165, 1.54) is 0 Å². The van der Waals surface area contributed by atoms with E-state index in [-0.39, 0.29) is 22.3 Å². The Morgan fingerprint density at radius 1 is 0.459 bits per heavy atom. The van der Waals surface area contributed by atoms with Crippen LogP contribution in [0.1, 0.15) is 64.6 Å². The van der Waals surface area contributed by atoms with E-state index >= 15 is 0 Å². The van der Waals surface area contributed by atoms with Crippen LogP contribution >= 0.6 is 0 Å². The lowest BCUT2D eigenvalue weighted by atomic mass is 9.60. The van der Waals surface area contributed by atoms with E-state index in [0.717, 1.165) is 0 Å². The summed E-state index contributed by atoms with van der Waals surface area (Å²) in [5.41, 5.74) is -1.74. The van der Waals surface area contributed by atoms with E-state index in [2.05, 4.69) is 0 Å². The summed E-state index contributed by atoms with van der Waals surface area (Å²) < 4.78 is 6.64. The lowest BCUT2D eigenvalue weighted by molar-refractivity contribution is -0.0210. The highest BCUT2D eigenvalue weighted by molar-refractivity contribution is 6.37. The second-order valence-electron chi connectivity index (χ2n) is 9.76. The number of ketones is 4. The summed E-state index contributed by atoms with van der Waals surface area (Å²) in [6.07, 6.45) is -1.14. The Labute approximate surface area is 212 Å². The summed E-state index contributed by atoms with van der Waals surface area (Å²) in [6, 6.07) is 31.1. The van der Waals surface area contributed by atoms with Crippen molar-refractivity contribution in [2.45, 2.75) is 17.6 Å². The van der Waals surface area contributed by atoms with E-state index < -0.39 is 46.2 Å². The molecule has 1 saturated heterocycles. The lowest BCUT2D eigenvalue weighted by Gasteiger charge is -2.34. The monoisotopic (exact) mass is 484 g/mol. The number of hydrogen-bond donors (Lipinski definition) is 0. The molecule has 1 heterocycles. The number of ether oxygens (including phenoxy) is 1. The average Bonchev–Trinajstić information content (AvgIpc) is 3.48. The van der Waals surface area contributed by atoms with Crippen LogP contribution in [0.25, 0.3) is 0 Å². The van der Waals surface area contributed by atoms with Crippen LogP contribution in [0.2, 0.25) is 0 Å². The third-order valence-electron chi connectivity index (χ3n) is 8.07. The highest BCUT2D eigenvalue weighted by atomic mass is 16.5. The maximum absolute atomic E-state index is 14.5. The van der Waals surface area contributed by atoms with Crippen molar-refractivity contribution in [3.8, 4) is 0 Å². The molecule has 37 heavy (non-hydrogen) atoms. The van der Waals surface area contributed by atoms with Crippen LogP contribution in [0, 0.1) is 5.41 Å². The second-order valence-corrected chi connectivity index (χ2v) is 9.76. The van der Waals surface area contributed by atoms with Crippen molar-refractivity contribution in [1.29, 1.82) is 0 Å². The molecule has 2 aliphatic carbocycles. The van der Waals surface area contributed by atoms with Crippen molar-refractivity contribution in [3.63, 3.8) is 0 Å². The van der Waals surface area contributed by atoms with Gasteiger partial charge in [0.05, 0.1) is 5.92 Å². The topological polar surface area (TPSA) is 77.5 Å². The minimum Gasteiger partial charge on any atom is -0.348 e. The van der Waals surface area contributed by atoms with Gasteiger partial charge < -0.3 is 4.74 Å². The first-order valence-electron chi connectivity index (χ1n) is 12.2. The molecule has 3 aliphatic rings. The number of rotatable bonds is 2. The maximum Gasteiger partial charge on any atom is 0.204 e. The normalized spacial score (nSPS) is 22.6. The number of hydrogen-bond acceptors (Lipinski definition) is 5. The zero-order valence-electron chi connectivity index (χ0n) is 19.6. The van der Waals surface area contributed by atoms with E-state index in [9.17, 15) is 19.2 Å². The minimum absolute atomic E-state index is 0.243. The average molecular weight is 485 g/mol. The van der Waals surface area contributed by atoms with Gasteiger partial charge in [-0.25, -0.2) is 0 Å². The SMILES string of the molecule is O=C1c2ccccc2C(=O)C12O[C@@H](c1ccccc1)C1(C(=O)c3ccccc3C1=O)[C@H]2c1ccccc1. The first-order chi connectivity index (χ1) is 18.0. The predicted molar refractivity (Wildman–Crippen MR) is 135 cm³/mol. The van der Waals surface area contributed by atoms with Crippen LogP contribution < -0.4 is 0 Å². The molecule has 0 unspecified atom stereocenters. The fourth-order valence-corrected chi connectivity index (χ4v) is 6.60. The van der Waals surface area contributed by atoms with Gasteiger partial charge in [0.2, 0.25) is 17.2 Å². The highest BCUT2D eigenvalue weighted by Gasteiger charge is 2.79. The number of fused-ring (bicyclic) bond motifs is 2. The Bertz CT molecular complexity index is 1570. The van der Waals surface area contributed by atoms with Gasteiger partial charge in [-0.1, -0.05) is 109 Å². The van der Waals surface area contributed by atoms with Crippen LogP contribution in [0.5, 0.6) is 0 Å². The first-order valence-corrected chi connectivity index (χ1v) is 12.2. The zero-order valence-corrected chi connectivity index (χ0v) is 19.6. The van der Waals surface area contributed by atoms with Crippen molar-refractivity contribution in [2.24, 2.45) is 5.41 Å². The molecule has 5 heteroatoms. The Morgan fingerprint density at radius 3 is 1.30 bits per heavy atom. The van der Waals surface area contributed by atoms with Gasteiger partial charge >= 0.3 is 0 Å². The molecule has 1 aliphatic heterocycles. The summed E-state index contributed by atoms with van der Waals surface area (Å²) >= 11 is 0. The molecule has 7 rings (SSSR count). The highest BCUT2D eigenvalue weighted by Crippen LogP contribution is 2.67. The van der Waals surface area contributed by atoms with Gasteiger partial charge in [-0.05, 0) is 11.1 Å². The van der Waals surface area contributed by atoms with Crippen LogP contribution in [0.3, 0.4) is 0 Å². The first kappa shape index (κ1) is 21.8. The van der Waals surface area contributed by atoms with Crippen LogP contribution in [-0.2, 0) is 4.74 Å². The van der Waals surface area contributed by atoms with Gasteiger partial charge in [0.1, 0.15) is 11.5 Å². The molecule has 0 amide bonds. The van der Waals surface area contributed by atoms with Crippen molar-refractivity contribution >= 4 is 23.1 Å². The Morgan fingerprint density at radius 2 is 0.838 bits per heavy atom. The van der Waals surface area contributed by atoms with Gasteiger partial charge in [0, 0.05) is 22.3 Å². The van der Waals surface area contributed by atoms with E-state index in [1.807, 2.05) is 12.1 Å². The molecule has 0 radical (unpaired) electrons. The second kappa shape index (κ2) is 7.51. The van der Waals surface area contributed by atoms with Crippen molar-refractivity contribution < 1.29 is 23.9 Å². The number of carbonyl (C=O) groups is 4. The lowest BCUT2D eigenvalue weighted by Crippen LogP contribution is -2.51. The molecule has 2 spiro atoms. The molecule has 0 aromatic heterocycles. The molecule has 2 atom stereocenters. The molecule has 1 fully saturated rings. The molecule has 0 N–H and O–H groups in total. The number of benzene rings is 4. The zero-order chi connectivity index (χ0) is 25.4. The van der Waals surface area contributed by atoms with Crippen LogP contribution in [0.15, 0.2) is 109 Å². The molecule has 4 aromatic carbocycles. The van der Waals surface area contributed by atoms with E-state index in [1.54, 1.807) is 97.1 Å². The van der Waals surface area contributed by atoms with Gasteiger partial charge in [0.15, 0.2) is 11.6 Å². The van der Waals surface area contributed by atoms with Crippen molar-refractivity contribution in [2.75, 3.05) is 0 Å². The molecule has 4 aromatic rings. The van der Waals surface area contributed by atoms with Gasteiger partial charge in [0.25, 0.3) is 0 Å². The Kier molecular flexibility index (Phi) is 4.42. The quantitative estimate of drug-likeness (QED) is 0.355. The molecule has 5 nitrogen and oxygen atoms in total. The van der Waals surface area contributed by atoms with Crippen molar-refractivity contribution in [1.82, 2.24) is 0 Å². The smallest absolute Gasteiger partial charge is 0.204 e. The van der Waals surface area contributed by atoms with E-state index in [4.69, 9.17) is 4.74 Å². The summed E-state index contributed by atoms with van der Waals surface area (Å²) in [7, 11) is 0. The fourth-order valence-electron chi connectivity index (χ4n) is 6.60. The van der Waals surface area contributed by atoms with Gasteiger partial charge in [-0.3, -0.25) is 19.2 Å². The summed E-state index contributed by atoms with van der Waals surface area (Å²) in [5, 5.41) is 0. The summed E-state index contributed by atoms with van der Waals surface area (Å²) in [6.45, 7) is 0. The largest absolute Gasteiger partial charge is 0.348 e. The standard InChI is InChI=1S/C32H20O5/c33-26-21-15-7-8-16-22(21)27(34)31(26)25(19-11-3-1-4-12-19)32(37-30(31)20-13-5-2-6-14-20)28(35)23-17-9-10-18-24(23)29(32)36/h1-18,25,30H/t25-,30+/m1/s1. The molecule has 0 saturated carbocycles. The number of Topliss-reactive ketones (excluding diaryl/α,β-unsaturated/α-hetero) is 4. The van der Waals surface area contributed by atoms with Crippen LogP contribution in [0.4, 0.5) is 0 Å². The summed E-state index contributed by atoms with van der Waals surface area (Å²) in [4.78, 5) is 57.5. The Balaban J connectivity index is 1.60. The van der Waals surface area contributed by atoms with Crippen LogP contribution in [-0.4, -0.2) is 28.7 Å². The fraction of sp³-hybridized carbons (Fsp3) is 0.125. The third kappa shape index (κ3) is 2.51. The third-order valence-corrected chi connectivity index (χ3v) is 8.07. The van der Waals surface area contributed by atoms with Gasteiger partial charge in [-0.15, -0.1) is 0 Å². The van der Waals surface area contributed by atoms with Crippen molar-refractivity contribution in [3.05, 3.63) is 143 Å². The molecule has 0 bridgehead atoms. The molecular weight excluding hydrogens is 464 g/mol.